The molecule has 1 aliphatic heterocycles. The van der Waals surface area contributed by atoms with Crippen LogP contribution >= 0.6 is 15.9 Å². The molecule has 0 radical (unpaired) electrons. The summed E-state index contributed by atoms with van der Waals surface area (Å²) in [5.74, 6) is -1.22. The highest BCUT2D eigenvalue weighted by Crippen LogP contribution is 2.60. The van der Waals surface area contributed by atoms with Crippen LogP contribution in [0, 0.1) is 23.7 Å². The lowest BCUT2D eigenvalue weighted by molar-refractivity contribution is -0.145. The predicted molar refractivity (Wildman–Crippen MR) is 101 cm³/mol. The zero-order valence-corrected chi connectivity index (χ0v) is 16.6. The Morgan fingerprint density at radius 3 is 2.70 bits per heavy atom. The van der Waals surface area contributed by atoms with Crippen molar-refractivity contribution in [1.29, 1.82) is 0 Å². The van der Waals surface area contributed by atoms with Crippen LogP contribution in [-0.2, 0) is 19.1 Å². The van der Waals surface area contributed by atoms with Gasteiger partial charge in [0.05, 0.1) is 28.8 Å². The molecule has 2 bridgehead atoms. The van der Waals surface area contributed by atoms with Crippen LogP contribution < -0.4 is 5.32 Å². The first kappa shape index (κ1) is 18.5. The summed E-state index contributed by atoms with van der Waals surface area (Å²) < 4.78 is 10.6. The van der Waals surface area contributed by atoms with Crippen LogP contribution in [0.1, 0.15) is 36.5 Å². The summed E-state index contributed by atoms with van der Waals surface area (Å²) in [5.41, 5.74) is 1.05. The molecule has 1 amide bonds. The second-order valence-corrected chi connectivity index (χ2v) is 8.57. The third kappa shape index (κ3) is 3.16. The molecule has 0 unspecified atom stereocenters. The fourth-order valence-corrected chi connectivity index (χ4v) is 5.68. The van der Waals surface area contributed by atoms with Gasteiger partial charge in [-0.15, -0.1) is 0 Å². The van der Waals surface area contributed by atoms with Gasteiger partial charge in [-0.25, -0.2) is 4.79 Å². The molecule has 3 aliphatic rings. The molecule has 7 heteroatoms. The molecular weight excluding hydrogens is 414 g/mol. The van der Waals surface area contributed by atoms with Gasteiger partial charge in [0.2, 0.25) is 5.91 Å². The van der Waals surface area contributed by atoms with Crippen molar-refractivity contribution in [2.75, 3.05) is 11.9 Å². The lowest BCUT2D eigenvalue weighted by Crippen LogP contribution is -2.40. The number of benzene rings is 1. The van der Waals surface area contributed by atoms with Crippen molar-refractivity contribution in [2.24, 2.45) is 23.7 Å². The number of nitrogens with one attached hydrogen (secondary N) is 1. The van der Waals surface area contributed by atoms with Crippen molar-refractivity contribution in [1.82, 2.24) is 0 Å². The summed E-state index contributed by atoms with van der Waals surface area (Å²) in [6.07, 6.45) is 2.56. The molecule has 1 saturated heterocycles. The molecule has 1 aromatic carbocycles. The molecule has 6 atom stereocenters. The normalized spacial score (nSPS) is 33.0. The molecule has 1 N–H and O–H groups in total. The van der Waals surface area contributed by atoms with Crippen LogP contribution in [0.3, 0.4) is 0 Å². The summed E-state index contributed by atoms with van der Waals surface area (Å²) in [6, 6.07) is 6.64. The Hall–Kier alpha value is -1.89. The number of hydrogen-bond donors (Lipinski definition) is 1. The lowest BCUT2D eigenvalue weighted by Gasteiger charge is -2.27. The Labute approximate surface area is 166 Å². The molecule has 0 aromatic heterocycles. The first-order valence-electron chi connectivity index (χ1n) is 9.44. The third-order valence-electron chi connectivity index (χ3n) is 5.94. The monoisotopic (exact) mass is 435 g/mol. The van der Waals surface area contributed by atoms with Gasteiger partial charge < -0.3 is 14.8 Å². The minimum atomic E-state index is -0.371. The van der Waals surface area contributed by atoms with Crippen LogP contribution in [0.25, 0.3) is 0 Å². The van der Waals surface area contributed by atoms with Crippen molar-refractivity contribution in [2.45, 2.75) is 37.1 Å². The highest BCUT2D eigenvalue weighted by atomic mass is 79.9. The smallest absolute Gasteiger partial charge is 0.338 e. The summed E-state index contributed by atoms with van der Waals surface area (Å²) in [6.45, 7) is 2.44. The van der Waals surface area contributed by atoms with E-state index in [0.717, 1.165) is 19.3 Å². The fraction of sp³-hybridized carbons (Fsp3) is 0.550. The molecule has 1 heterocycles. The largest absolute Gasteiger partial charge is 0.462 e. The van der Waals surface area contributed by atoms with Gasteiger partial charge in [-0.05, 0) is 43.0 Å². The summed E-state index contributed by atoms with van der Waals surface area (Å²) in [7, 11) is 0. The van der Waals surface area contributed by atoms with Crippen LogP contribution in [0.4, 0.5) is 5.69 Å². The minimum absolute atomic E-state index is 0.0428. The number of carbonyl (C=O) groups excluding carboxylic acids is 3. The maximum absolute atomic E-state index is 12.8. The number of anilines is 1. The Balaban J connectivity index is 1.40. The molecule has 2 saturated carbocycles. The summed E-state index contributed by atoms with van der Waals surface area (Å²) in [4.78, 5) is 37.0. The quantitative estimate of drug-likeness (QED) is 0.421. The molecule has 1 aromatic rings. The van der Waals surface area contributed by atoms with Crippen LogP contribution in [-0.4, -0.2) is 35.4 Å². The first-order valence-corrected chi connectivity index (χ1v) is 10.4. The number of carbonyl (C=O) groups is 3. The van der Waals surface area contributed by atoms with Crippen molar-refractivity contribution in [3.05, 3.63) is 29.8 Å². The van der Waals surface area contributed by atoms with E-state index in [1.54, 1.807) is 24.3 Å². The number of amides is 1. The Bertz CT molecular complexity index is 764. The second-order valence-electron chi connectivity index (χ2n) is 7.52. The lowest BCUT2D eigenvalue weighted by atomic mass is 9.79. The Morgan fingerprint density at radius 1 is 1.26 bits per heavy atom. The van der Waals surface area contributed by atoms with Gasteiger partial charge >= 0.3 is 11.9 Å². The van der Waals surface area contributed by atoms with Crippen molar-refractivity contribution in [3.63, 3.8) is 0 Å². The highest BCUT2D eigenvalue weighted by molar-refractivity contribution is 9.09. The first-order chi connectivity index (χ1) is 13.0. The van der Waals surface area contributed by atoms with Gasteiger partial charge in [0.15, 0.2) is 0 Å². The number of alkyl halides is 1. The van der Waals surface area contributed by atoms with Gasteiger partial charge in [-0.2, -0.15) is 0 Å². The second kappa shape index (κ2) is 7.26. The standard InChI is InChI=1S/C20H22BrNO5/c1-2-3-8-26-19(24)10-4-6-11(7-5-10)22-18(23)14-12-9-13-15(14)20(25)27-17(13)16(12)21/h4-7,12-17H,2-3,8-9H2,1H3,(H,22,23)/t12-,13-,14-,15+,16-,17+/m1/s1. The summed E-state index contributed by atoms with van der Waals surface area (Å²) in [5, 5.41) is 2.89. The van der Waals surface area contributed by atoms with E-state index in [4.69, 9.17) is 9.47 Å². The molecule has 3 fully saturated rings. The Morgan fingerprint density at radius 2 is 2.00 bits per heavy atom. The number of halogens is 1. The maximum atomic E-state index is 12.8. The summed E-state index contributed by atoms with van der Waals surface area (Å²) >= 11 is 3.61. The van der Waals surface area contributed by atoms with Gasteiger partial charge in [0, 0.05) is 11.6 Å². The molecule has 0 spiro atoms. The van der Waals surface area contributed by atoms with Gasteiger partial charge in [0.1, 0.15) is 6.10 Å². The molecule has 27 heavy (non-hydrogen) atoms. The third-order valence-corrected chi connectivity index (χ3v) is 7.15. The SMILES string of the molecule is CCCCOC(=O)c1ccc(NC(=O)[C@@H]2[C@H]3C[C@H]4[C@H](OC(=O)[C@@H]42)[C@@H]3Br)cc1. The van der Waals surface area contributed by atoms with E-state index >= 15 is 0 Å². The zero-order valence-electron chi connectivity index (χ0n) is 15.0. The number of ether oxygens (including phenoxy) is 2. The van der Waals surface area contributed by atoms with E-state index < -0.39 is 0 Å². The zero-order chi connectivity index (χ0) is 19.1. The van der Waals surface area contributed by atoms with E-state index in [1.165, 1.54) is 0 Å². The minimum Gasteiger partial charge on any atom is -0.462 e. The average molecular weight is 436 g/mol. The molecule has 144 valence electrons. The van der Waals surface area contributed by atoms with Gasteiger partial charge in [-0.1, -0.05) is 29.3 Å². The van der Waals surface area contributed by atoms with Crippen molar-refractivity contribution < 1.29 is 23.9 Å². The number of fused-ring (bicyclic) bond motifs is 1. The van der Waals surface area contributed by atoms with Gasteiger partial charge in [-0.3, -0.25) is 9.59 Å². The molecular formula is C20H22BrNO5. The van der Waals surface area contributed by atoms with E-state index in [0.29, 0.717) is 17.9 Å². The predicted octanol–water partition coefficient (Wildman–Crippen LogP) is 3.15. The molecule has 2 aliphatic carbocycles. The molecule has 4 rings (SSSR count). The number of esters is 2. The maximum Gasteiger partial charge on any atom is 0.338 e. The topological polar surface area (TPSA) is 81.7 Å². The van der Waals surface area contributed by atoms with Crippen LogP contribution in [0.2, 0.25) is 0 Å². The molecule has 6 nitrogen and oxygen atoms in total. The van der Waals surface area contributed by atoms with E-state index in [1.807, 2.05) is 6.92 Å². The number of hydrogen-bond acceptors (Lipinski definition) is 5. The van der Waals surface area contributed by atoms with Crippen LogP contribution in [0.5, 0.6) is 0 Å². The van der Waals surface area contributed by atoms with E-state index in [2.05, 4.69) is 21.2 Å². The van der Waals surface area contributed by atoms with Gasteiger partial charge in [0.25, 0.3) is 0 Å². The van der Waals surface area contributed by atoms with E-state index in [9.17, 15) is 14.4 Å². The van der Waals surface area contributed by atoms with Crippen molar-refractivity contribution >= 4 is 39.5 Å². The highest BCUT2D eigenvalue weighted by Gasteiger charge is 2.67. The number of rotatable bonds is 6. The van der Waals surface area contributed by atoms with E-state index in [-0.39, 0.29) is 52.4 Å². The average Bonchev–Trinajstić information content (AvgIpc) is 3.26. The van der Waals surface area contributed by atoms with Crippen LogP contribution in [0.15, 0.2) is 24.3 Å². The van der Waals surface area contributed by atoms with Crippen molar-refractivity contribution in [3.8, 4) is 0 Å². The Kier molecular flexibility index (Phi) is 4.97. The number of unbranched alkanes of at least 4 members (excludes halogenated alkanes) is 1. The fourth-order valence-electron chi connectivity index (χ4n) is 4.64.